The van der Waals surface area contributed by atoms with E-state index in [1.165, 1.54) is 12.4 Å². The van der Waals surface area contributed by atoms with Crippen LogP contribution in [0.4, 0.5) is 11.5 Å². The first-order valence-electron chi connectivity index (χ1n) is 5.15. The minimum absolute atomic E-state index is 0.0862. The van der Waals surface area contributed by atoms with Gasteiger partial charge in [-0.2, -0.15) is 0 Å². The van der Waals surface area contributed by atoms with Crippen molar-refractivity contribution in [2.75, 3.05) is 11.1 Å². The Hall–Kier alpha value is -2.87. The lowest BCUT2D eigenvalue weighted by Crippen LogP contribution is -2.16. The normalized spacial score (nSPS) is 9.50. The lowest BCUT2D eigenvalue weighted by Gasteiger charge is -2.06. The van der Waals surface area contributed by atoms with Gasteiger partial charge >= 0.3 is 0 Å². The van der Waals surface area contributed by atoms with Gasteiger partial charge in [-0.3, -0.25) is 4.79 Å². The molecule has 88 valence electrons. The number of aromatic nitrogens is 2. The van der Waals surface area contributed by atoms with E-state index in [2.05, 4.69) is 21.2 Å². The van der Waals surface area contributed by atoms with Crippen LogP contribution in [-0.2, 0) is 0 Å². The van der Waals surface area contributed by atoms with Gasteiger partial charge in [0.15, 0.2) is 11.5 Å². The highest BCUT2D eigenvalue weighted by Crippen LogP contribution is 2.12. The number of nitrogens with zero attached hydrogens (tertiary/aromatic N) is 2. The number of anilines is 2. The van der Waals surface area contributed by atoms with E-state index in [1.807, 2.05) is 0 Å². The Bertz CT molecular complexity index is 631. The predicted molar refractivity (Wildman–Crippen MR) is 68.8 cm³/mol. The first kappa shape index (κ1) is 11.6. The first-order chi connectivity index (χ1) is 8.70. The molecule has 0 bridgehead atoms. The van der Waals surface area contributed by atoms with Crippen LogP contribution in [0.3, 0.4) is 0 Å². The van der Waals surface area contributed by atoms with Crippen LogP contribution in [0.1, 0.15) is 16.1 Å². The maximum absolute atomic E-state index is 11.9. The maximum Gasteiger partial charge on any atom is 0.278 e. The van der Waals surface area contributed by atoms with Gasteiger partial charge in [-0.1, -0.05) is 12.0 Å². The summed E-state index contributed by atoms with van der Waals surface area (Å²) >= 11 is 0. The van der Waals surface area contributed by atoms with E-state index in [9.17, 15) is 4.79 Å². The van der Waals surface area contributed by atoms with Gasteiger partial charge in [0, 0.05) is 23.6 Å². The van der Waals surface area contributed by atoms with Crippen molar-refractivity contribution in [1.82, 2.24) is 9.97 Å². The maximum atomic E-state index is 11.9. The van der Waals surface area contributed by atoms with Crippen molar-refractivity contribution >= 4 is 17.4 Å². The number of hydrogen-bond donors (Lipinski definition) is 2. The lowest BCUT2D eigenvalue weighted by atomic mass is 10.2. The zero-order valence-corrected chi connectivity index (χ0v) is 9.42. The second-order valence-corrected chi connectivity index (χ2v) is 3.47. The molecule has 18 heavy (non-hydrogen) atoms. The zero-order chi connectivity index (χ0) is 13.0. The van der Waals surface area contributed by atoms with Crippen molar-refractivity contribution in [3.8, 4) is 12.3 Å². The van der Waals surface area contributed by atoms with Gasteiger partial charge in [-0.15, -0.1) is 6.42 Å². The topological polar surface area (TPSA) is 80.9 Å². The molecule has 1 amide bonds. The van der Waals surface area contributed by atoms with E-state index in [1.54, 1.807) is 24.3 Å². The van der Waals surface area contributed by atoms with Gasteiger partial charge in [0.1, 0.15) is 0 Å². The van der Waals surface area contributed by atoms with Crippen LogP contribution >= 0.6 is 0 Å². The molecule has 0 atom stereocenters. The Kier molecular flexibility index (Phi) is 3.21. The summed E-state index contributed by atoms with van der Waals surface area (Å²) in [5.41, 5.74) is 6.92. The molecule has 1 aromatic heterocycles. The molecule has 5 nitrogen and oxygen atoms in total. The van der Waals surface area contributed by atoms with Crippen LogP contribution < -0.4 is 11.1 Å². The molecule has 1 aromatic carbocycles. The monoisotopic (exact) mass is 238 g/mol. The molecule has 0 saturated carbocycles. The third-order valence-corrected chi connectivity index (χ3v) is 2.23. The number of nitrogens with one attached hydrogen (secondary N) is 1. The highest BCUT2D eigenvalue weighted by molar-refractivity contribution is 6.05. The summed E-state index contributed by atoms with van der Waals surface area (Å²) < 4.78 is 0. The number of amides is 1. The van der Waals surface area contributed by atoms with Crippen molar-refractivity contribution in [3.05, 3.63) is 47.9 Å². The molecule has 0 saturated heterocycles. The molecular formula is C13H10N4O. The fourth-order valence-electron chi connectivity index (χ4n) is 1.40. The average molecular weight is 238 g/mol. The summed E-state index contributed by atoms with van der Waals surface area (Å²) in [6, 6.07) is 6.94. The molecular weight excluding hydrogens is 228 g/mol. The first-order valence-corrected chi connectivity index (χ1v) is 5.15. The van der Waals surface area contributed by atoms with E-state index >= 15 is 0 Å². The van der Waals surface area contributed by atoms with E-state index in [0.717, 1.165) is 0 Å². The van der Waals surface area contributed by atoms with E-state index in [0.29, 0.717) is 11.3 Å². The summed E-state index contributed by atoms with van der Waals surface area (Å²) in [4.78, 5) is 19.6. The quantitative estimate of drug-likeness (QED) is 0.772. The molecule has 2 aromatic rings. The molecule has 1 heterocycles. The standard InChI is InChI=1S/C13H10N4O/c1-2-9-4-3-5-10(8-9)17-13(18)11-12(14)16-7-6-15-11/h1,3-8H,(H2,14,16)(H,17,18). The number of terminal acetylenes is 1. The van der Waals surface area contributed by atoms with Crippen molar-refractivity contribution < 1.29 is 4.79 Å². The molecule has 2 rings (SSSR count). The Balaban J connectivity index is 2.22. The zero-order valence-electron chi connectivity index (χ0n) is 9.42. The number of nitrogens with two attached hydrogens (primary N) is 1. The van der Waals surface area contributed by atoms with Gasteiger partial charge in [0.2, 0.25) is 0 Å². The Labute approximate surface area is 104 Å². The number of nitrogen functional groups attached to an aromatic ring is 1. The summed E-state index contributed by atoms with van der Waals surface area (Å²) in [7, 11) is 0. The fourth-order valence-corrected chi connectivity index (χ4v) is 1.40. The average Bonchev–Trinajstić information content (AvgIpc) is 2.39. The number of carbonyl (C=O) groups is 1. The third-order valence-electron chi connectivity index (χ3n) is 2.23. The third kappa shape index (κ3) is 2.44. The largest absolute Gasteiger partial charge is 0.382 e. The van der Waals surface area contributed by atoms with Crippen LogP contribution in [0, 0.1) is 12.3 Å². The smallest absolute Gasteiger partial charge is 0.278 e. The Morgan fingerprint density at radius 3 is 2.83 bits per heavy atom. The molecule has 3 N–H and O–H groups in total. The molecule has 0 radical (unpaired) electrons. The second kappa shape index (κ2) is 4.97. The molecule has 0 aliphatic heterocycles. The Morgan fingerprint density at radius 2 is 2.11 bits per heavy atom. The lowest BCUT2D eigenvalue weighted by molar-refractivity contribution is 0.102. The summed E-state index contributed by atoms with van der Waals surface area (Å²) in [5.74, 6) is 2.15. The van der Waals surface area contributed by atoms with Gasteiger partial charge in [-0.05, 0) is 18.2 Å². The van der Waals surface area contributed by atoms with Crippen molar-refractivity contribution in [2.24, 2.45) is 0 Å². The van der Waals surface area contributed by atoms with Gasteiger partial charge in [-0.25, -0.2) is 9.97 Å². The van der Waals surface area contributed by atoms with E-state index in [4.69, 9.17) is 12.2 Å². The highest BCUT2D eigenvalue weighted by Gasteiger charge is 2.11. The summed E-state index contributed by atoms with van der Waals surface area (Å²) in [6.07, 6.45) is 8.11. The van der Waals surface area contributed by atoms with Crippen LogP contribution in [0.5, 0.6) is 0 Å². The van der Waals surface area contributed by atoms with E-state index in [-0.39, 0.29) is 11.5 Å². The number of benzene rings is 1. The van der Waals surface area contributed by atoms with Gasteiger partial charge < -0.3 is 11.1 Å². The number of hydrogen-bond acceptors (Lipinski definition) is 4. The summed E-state index contributed by atoms with van der Waals surface area (Å²) in [5, 5.41) is 2.66. The molecule has 0 unspecified atom stereocenters. The van der Waals surface area contributed by atoms with Gasteiger partial charge in [0.05, 0.1) is 0 Å². The second-order valence-electron chi connectivity index (χ2n) is 3.47. The fraction of sp³-hybridized carbons (Fsp3) is 0. The highest BCUT2D eigenvalue weighted by atomic mass is 16.1. The molecule has 0 aliphatic rings. The molecule has 0 spiro atoms. The number of carbonyl (C=O) groups excluding carboxylic acids is 1. The van der Waals surface area contributed by atoms with Crippen molar-refractivity contribution in [1.29, 1.82) is 0 Å². The van der Waals surface area contributed by atoms with Crippen molar-refractivity contribution in [3.63, 3.8) is 0 Å². The minimum atomic E-state index is -0.422. The van der Waals surface area contributed by atoms with Crippen LogP contribution in [0.15, 0.2) is 36.7 Å². The SMILES string of the molecule is C#Cc1cccc(NC(=O)c2nccnc2N)c1. The molecule has 0 fully saturated rings. The molecule has 0 aliphatic carbocycles. The van der Waals surface area contributed by atoms with E-state index < -0.39 is 5.91 Å². The number of rotatable bonds is 2. The van der Waals surface area contributed by atoms with Crippen molar-refractivity contribution in [2.45, 2.75) is 0 Å². The predicted octanol–water partition coefficient (Wildman–Crippen LogP) is 1.29. The Morgan fingerprint density at radius 1 is 1.33 bits per heavy atom. The molecule has 5 heteroatoms. The van der Waals surface area contributed by atoms with Crippen LogP contribution in [-0.4, -0.2) is 15.9 Å². The van der Waals surface area contributed by atoms with Crippen LogP contribution in [0.25, 0.3) is 0 Å². The van der Waals surface area contributed by atoms with Gasteiger partial charge in [0.25, 0.3) is 5.91 Å². The minimum Gasteiger partial charge on any atom is -0.382 e. The van der Waals surface area contributed by atoms with Crippen LogP contribution in [0.2, 0.25) is 0 Å². The summed E-state index contributed by atoms with van der Waals surface area (Å²) in [6.45, 7) is 0.